The monoisotopic (exact) mass is 351 g/mol. The number of rotatable bonds is 5. The summed E-state index contributed by atoms with van der Waals surface area (Å²) in [6.07, 6.45) is 0.638. The second kappa shape index (κ2) is 6.17. The molecular weight excluding hydrogens is 338 g/mol. The lowest BCUT2D eigenvalue weighted by atomic mass is 10.3. The molecule has 3 aromatic heterocycles. The standard InChI is InChI=1S/C15H14ClN3O3S/c1-3-13-17-14(15(20)21)8(2)19(13)7-9-6-10(22-18-9)11-4-5-12(16)23-11/h4-6H,3,7H2,1-2H3,(H,20,21). The fraction of sp³-hybridized carbons (Fsp3) is 0.267. The minimum Gasteiger partial charge on any atom is -0.476 e. The molecule has 0 aliphatic carbocycles. The maximum atomic E-state index is 11.2. The molecule has 120 valence electrons. The van der Waals surface area contributed by atoms with E-state index in [9.17, 15) is 9.90 Å². The molecule has 1 N–H and O–H groups in total. The van der Waals surface area contributed by atoms with Crippen LogP contribution < -0.4 is 0 Å². The summed E-state index contributed by atoms with van der Waals surface area (Å²) < 4.78 is 7.89. The first kappa shape index (κ1) is 15.8. The SMILES string of the molecule is CCc1nc(C(=O)O)c(C)n1Cc1cc(-c2ccc(Cl)s2)on1. The van der Waals surface area contributed by atoms with Gasteiger partial charge in [0.1, 0.15) is 11.5 Å². The van der Waals surface area contributed by atoms with E-state index in [0.29, 0.717) is 40.3 Å². The maximum Gasteiger partial charge on any atom is 0.356 e. The minimum absolute atomic E-state index is 0.0793. The molecule has 0 aromatic carbocycles. The molecular formula is C15H14ClN3O3S. The Kier molecular flexibility index (Phi) is 4.23. The van der Waals surface area contributed by atoms with Crippen molar-refractivity contribution in [1.29, 1.82) is 0 Å². The van der Waals surface area contributed by atoms with Crippen molar-refractivity contribution in [3.63, 3.8) is 0 Å². The van der Waals surface area contributed by atoms with Gasteiger partial charge in [-0.05, 0) is 19.1 Å². The highest BCUT2D eigenvalue weighted by Crippen LogP contribution is 2.31. The molecule has 23 heavy (non-hydrogen) atoms. The Morgan fingerprint density at radius 1 is 1.48 bits per heavy atom. The summed E-state index contributed by atoms with van der Waals surface area (Å²) in [4.78, 5) is 16.3. The molecule has 0 aliphatic rings. The zero-order chi connectivity index (χ0) is 16.6. The molecule has 0 unspecified atom stereocenters. The zero-order valence-corrected chi connectivity index (χ0v) is 14.1. The lowest BCUT2D eigenvalue weighted by Gasteiger charge is -2.06. The molecule has 3 rings (SSSR count). The van der Waals surface area contributed by atoms with Crippen LogP contribution >= 0.6 is 22.9 Å². The predicted octanol–water partition coefficient (Wildman–Crippen LogP) is 3.87. The molecule has 0 saturated heterocycles. The summed E-state index contributed by atoms with van der Waals surface area (Å²) in [7, 11) is 0. The Morgan fingerprint density at radius 2 is 2.26 bits per heavy atom. The molecule has 6 nitrogen and oxygen atoms in total. The van der Waals surface area contributed by atoms with Crippen molar-refractivity contribution in [3.8, 4) is 10.6 Å². The van der Waals surface area contributed by atoms with Crippen molar-refractivity contribution in [3.05, 3.63) is 45.4 Å². The van der Waals surface area contributed by atoms with E-state index in [1.54, 1.807) is 13.0 Å². The highest BCUT2D eigenvalue weighted by Gasteiger charge is 2.19. The smallest absolute Gasteiger partial charge is 0.356 e. The first-order chi connectivity index (χ1) is 11.0. The topological polar surface area (TPSA) is 81.1 Å². The molecule has 0 spiro atoms. The number of aromatic nitrogens is 3. The molecule has 0 amide bonds. The van der Waals surface area contributed by atoms with Crippen LogP contribution in [0.15, 0.2) is 22.7 Å². The van der Waals surface area contributed by atoms with Crippen LogP contribution in [-0.4, -0.2) is 25.8 Å². The Balaban J connectivity index is 1.91. The van der Waals surface area contributed by atoms with Gasteiger partial charge in [0, 0.05) is 18.2 Å². The van der Waals surface area contributed by atoms with E-state index in [2.05, 4.69) is 10.1 Å². The number of carbonyl (C=O) groups is 1. The molecule has 3 heterocycles. The van der Waals surface area contributed by atoms with Crippen molar-refractivity contribution in [2.45, 2.75) is 26.8 Å². The summed E-state index contributed by atoms with van der Waals surface area (Å²) in [6.45, 7) is 4.10. The van der Waals surface area contributed by atoms with Gasteiger partial charge in [0.15, 0.2) is 11.5 Å². The fourth-order valence-electron chi connectivity index (χ4n) is 2.39. The van der Waals surface area contributed by atoms with E-state index >= 15 is 0 Å². The molecule has 0 bridgehead atoms. The Bertz CT molecular complexity index is 865. The van der Waals surface area contributed by atoms with Gasteiger partial charge < -0.3 is 14.2 Å². The molecule has 0 radical (unpaired) electrons. The van der Waals surface area contributed by atoms with E-state index in [0.717, 1.165) is 4.88 Å². The number of halogens is 1. The molecule has 0 atom stereocenters. The molecule has 0 aliphatic heterocycles. The number of thiophene rings is 1. The summed E-state index contributed by atoms with van der Waals surface area (Å²) in [5.74, 6) is 0.333. The minimum atomic E-state index is -1.02. The Morgan fingerprint density at radius 3 is 2.87 bits per heavy atom. The molecule has 3 aromatic rings. The average Bonchev–Trinajstić information content (AvgIpc) is 3.20. The number of hydrogen-bond donors (Lipinski definition) is 1. The molecule has 0 saturated carbocycles. The highest BCUT2D eigenvalue weighted by atomic mass is 35.5. The van der Waals surface area contributed by atoms with E-state index < -0.39 is 5.97 Å². The van der Waals surface area contributed by atoms with E-state index in [1.165, 1.54) is 11.3 Å². The predicted molar refractivity (Wildman–Crippen MR) is 87.2 cm³/mol. The average molecular weight is 352 g/mol. The normalized spacial score (nSPS) is 11.1. The van der Waals surface area contributed by atoms with Crippen molar-refractivity contribution in [1.82, 2.24) is 14.7 Å². The molecule has 0 fully saturated rings. The number of carboxylic acid groups (broad SMARTS) is 1. The van der Waals surface area contributed by atoms with Crippen molar-refractivity contribution < 1.29 is 14.4 Å². The largest absolute Gasteiger partial charge is 0.476 e. The van der Waals surface area contributed by atoms with Crippen LogP contribution in [-0.2, 0) is 13.0 Å². The van der Waals surface area contributed by atoms with Crippen molar-refractivity contribution >= 4 is 28.9 Å². The first-order valence-corrected chi connectivity index (χ1v) is 8.19. The fourth-order valence-corrected chi connectivity index (χ4v) is 3.38. The number of imidazole rings is 1. The van der Waals surface area contributed by atoms with Gasteiger partial charge in [0.2, 0.25) is 0 Å². The summed E-state index contributed by atoms with van der Waals surface area (Å²) in [6, 6.07) is 5.51. The van der Waals surface area contributed by atoms with Crippen LogP contribution in [0.1, 0.15) is 34.6 Å². The van der Waals surface area contributed by atoms with Crippen LogP contribution in [0.3, 0.4) is 0 Å². The number of carboxylic acids is 1. The van der Waals surface area contributed by atoms with Crippen LogP contribution in [0.25, 0.3) is 10.6 Å². The van der Waals surface area contributed by atoms with Gasteiger partial charge in [0.25, 0.3) is 0 Å². The summed E-state index contributed by atoms with van der Waals surface area (Å²) >= 11 is 7.34. The van der Waals surface area contributed by atoms with Crippen LogP contribution in [0, 0.1) is 6.92 Å². The lowest BCUT2D eigenvalue weighted by Crippen LogP contribution is -2.07. The molecule has 8 heteroatoms. The van der Waals surface area contributed by atoms with Crippen LogP contribution in [0.2, 0.25) is 4.34 Å². The van der Waals surface area contributed by atoms with Gasteiger partial charge in [0.05, 0.1) is 15.8 Å². The summed E-state index contributed by atoms with van der Waals surface area (Å²) in [5, 5.41) is 13.3. The number of aromatic carboxylic acids is 1. The van der Waals surface area contributed by atoms with E-state index in [-0.39, 0.29) is 5.69 Å². The highest BCUT2D eigenvalue weighted by molar-refractivity contribution is 7.19. The Labute approximate surface area is 141 Å². The number of nitrogens with zero attached hydrogens (tertiary/aromatic N) is 3. The van der Waals surface area contributed by atoms with Crippen molar-refractivity contribution in [2.75, 3.05) is 0 Å². The lowest BCUT2D eigenvalue weighted by molar-refractivity contribution is 0.0690. The maximum absolute atomic E-state index is 11.2. The number of hydrogen-bond acceptors (Lipinski definition) is 5. The van der Waals surface area contributed by atoms with E-state index in [4.69, 9.17) is 16.1 Å². The third kappa shape index (κ3) is 3.02. The second-order valence-electron chi connectivity index (χ2n) is 4.99. The van der Waals surface area contributed by atoms with Gasteiger partial charge in [-0.2, -0.15) is 0 Å². The number of aryl methyl sites for hydroxylation is 1. The van der Waals surface area contributed by atoms with Gasteiger partial charge in [-0.25, -0.2) is 9.78 Å². The van der Waals surface area contributed by atoms with Gasteiger partial charge in [-0.15, -0.1) is 11.3 Å². The van der Waals surface area contributed by atoms with Gasteiger partial charge in [-0.1, -0.05) is 23.7 Å². The van der Waals surface area contributed by atoms with Crippen LogP contribution in [0.4, 0.5) is 0 Å². The van der Waals surface area contributed by atoms with Gasteiger partial charge in [-0.3, -0.25) is 0 Å². The van der Waals surface area contributed by atoms with Crippen molar-refractivity contribution in [2.24, 2.45) is 0 Å². The van der Waals surface area contributed by atoms with Gasteiger partial charge >= 0.3 is 5.97 Å². The van der Waals surface area contributed by atoms with E-state index in [1.807, 2.05) is 23.6 Å². The van der Waals surface area contributed by atoms with Crippen LogP contribution in [0.5, 0.6) is 0 Å². The quantitative estimate of drug-likeness (QED) is 0.754. The summed E-state index contributed by atoms with van der Waals surface area (Å²) in [5.41, 5.74) is 1.39. The Hall–Kier alpha value is -2.12. The third-order valence-corrected chi connectivity index (χ3v) is 4.76. The third-order valence-electron chi connectivity index (χ3n) is 3.51. The zero-order valence-electron chi connectivity index (χ0n) is 12.5. The second-order valence-corrected chi connectivity index (χ2v) is 6.71. The first-order valence-electron chi connectivity index (χ1n) is 7.00.